The number of nitrogens with zero attached hydrogens (tertiary/aromatic N) is 3. The Balaban J connectivity index is 1.75. The standard InChI is InChI=1S/C15H17N3O/c19-15(18-8-2-1-3-9-18)11-12-4-5-13-14(10-12)17-7-6-16-13/h4-7,10H,1-3,8-9,11H2. The molecule has 19 heavy (non-hydrogen) atoms. The number of carbonyl (C=O) groups is 1. The first kappa shape index (κ1) is 12.1. The van der Waals surface area contributed by atoms with Crippen molar-refractivity contribution in [2.24, 2.45) is 0 Å². The van der Waals surface area contributed by atoms with Crippen LogP contribution in [0, 0.1) is 0 Å². The summed E-state index contributed by atoms with van der Waals surface area (Å²) in [5.41, 5.74) is 2.74. The molecule has 4 nitrogen and oxygen atoms in total. The number of rotatable bonds is 2. The van der Waals surface area contributed by atoms with Gasteiger partial charge in [-0.3, -0.25) is 14.8 Å². The van der Waals surface area contributed by atoms with Gasteiger partial charge in [0.25, 0.3) is 0 Å². The van der Waals surface area contributed by atoms with Crippen molar-refractivity contribution in [3.8, 4) is 0 Å². The Kier molecular flexibility index (Phi) is 3.40. The van der Waals surface area contributed by atoms with Gasteiger partial charge < -0.3 is 4.90 Å². The molecule has 0 N–H and O–H groups in total. The van der Waals surface area contributed by atoms with Crippen LogP contribution in [0.2, 0.25) is 0 Å². The van der Waals surface area contributed by atoms with E-state index < -0.39 is 0 Å². The van der Waals surface area contributed by atoms with Gasteiger partial charge in [0.05, 0.1) is 17.5 Å². The molecule has 1 aromatic heterocycles. The maximum Gasteiger partial charge on any atom is 0.226 e. The minimum atomic E-state index is 0.225. The van der Waals surface area contributed by atoms with Crippen molar-refractivity contribution in [1.82, 2.24) is 14.9 Å². The molecule has 0 saturated carbocycles. The molecule has 0 bridgehead atoms. The summed E-state index contributed by atoms with van der Waals surface area (Å²) in [6.45, 7) is 1.82. The zero-order valence-corrected chi connectivity index (χ0v) is 10.9. The van der Waals surface area contributed by atoms with Gasteiger partial charge in [-0.1, -0.05) is 6.07 Å². The van der Waals surface area contributed by atoms with E-state index in [9.17, 15) is 4.79 Å². The predicted octanol–water partition coefficient (Wildman–Crippen LogP) is 2.18. The third-order valence-corrected chi connectivity index (χ3v) is 3.60. The van der Waals surface area contributed by atoms with Gasteiger partial charge in [0.2, 0.25) is 5.91 Å². The normalized spacial score (nSPS) is 15.7. The van der Waals surface area contributed by atoms with Crippen molar-refractivity contribution in [2.45, 2.75) is 25.7 Å². The van der Waals surface area contributed by atoms with E-state index in [1.807, 2.05) is 23.1 Å². The van der Waals surface area contributed by atoms with Crippen LogP contribution < -0.4 is 0 Å². The smallest absolute Gasteiger partial charge is 0.226 e. The summed E-state index contributed by atoms with van der Waals surface area (Å²) in [5.74, 6) is 0.225. The average Bonchev–Trinajstić information content (AvgIpc) is 2.48. The van der Waals surface area contributed by atoms with Crippen LogP contribution >= 0.6 is 0 Å². The molecule has 1 amide bonds. The molecule has 0 spiro atoms. The number of likely N-dealkylation sites (tertiary alicyclic amines) is 1. The van der Waals surface area contributed by atoms with Crippen LogP contribution in [0.25, 0.3) is 11.0 Å². The molecule has 1 aliphatic rings. The second kappa shape index (κ2) is 5.34. The summed E-state index contributed by atoms with van der Waals surface area (Å²) in [6.07, 6.45) is 7.34. The lowest BCUT2D eigenvalue weighted by Gasteiger charge is -2.26. The summed E-state index contributed by atoms with van der Waals surface area (Å²) in [6, 6.07) is 5.87. The van der Waals surface area contributed by atoms with E-state index in [4.69, 9.17) is 0 Å². The molecular formula is C15H17N3O. The molecule has 4 heteroatoms. The molecule has 1 saturated heterocycles. The van der Waals surface area contributed by atoms with E-state index in [2.05, 4.69) is 9.97 Å². The van der Waals surface area contributed by atoms with Crippen LogP contribution in [0.5, 0.6) is 0 Å². The number of benzene rings is 1. The lowest BCUT2D eigenvalue weighted by molar-refractivity contribution is -0.131. The number of piperidine rings is 1. The summed E-state index contributed by atoms with van der Waals surface area (Å²) in [5, 5.41) is 0. The number of carbonyl (C=O) groups excluding carboxylic acids is 1. The molecule has 0 aliphatic carbocycles. The highest BCUT2D eigenvalue weighted by atomic mass is 16.2. The molecule has 1 fully saturated rings. The highest BCUT2D eigenvalue weighted by Crippen LogP contribution is 2.14. The Bertz CT molecular complexity index is 591. The SMILES string of the molecule is O=C(Cc1ccc2nccnc2c1)N1CCCCC1. The first-order valence-electron chi connectivity index (χ1n) is 6.80. The van der Waals surface area contributed by atoms with Crippen molar-refractivity contribution in [3.05, 3.63) is 36.2 Å². The van der Waals surface area contributed by atoms with Crippen LogP contribution in [0.1, 0.15) is 24.8 Å². The summed E-state index contributed by atoms with van der Waals surface area (Å²) < 4.78 is 0. The zero-order valence-electron chi connectivity index (χ0n) is 10.9. The average molecular weight is 255 g/mol. The molecule has 2 heterocycles. The maximum atomic E-state index is 12.2. The Morgan fingerprint density at radius 1 is 1.05 bits per heavy atom. The largest absolute Gasteiger partial charge is 0.342 e. The monoisotopic (exact) mass is 255 g/mol. The van der Waals surface area contributed by atoms with Gasteiger partial charge in [-0.15, -0.1) is 0 Å². The number of fused-ring (bicyclic) bond motifs is 1. The van der Waals surface area contributed by atoms with Crippen LogP contribution in [0.3, 0.4) is 0 Å². The highest BCUT2D eigenvalue weighted by molar-refractivity contribution is 5.81. The quantitative estimate of drug-likeness (QED) is 0.826. The van der Waals surface area contributed by atoms with Gasteiger partial charge in [0.1, 0.15) is 0 Å². The van der Waals surface area contributed by atoms with E-state index >= 15 is 0 Å². The topological polar surface area (TPSA) is 46.1 Å². The molecule has 0 unspecified atom stereocenters. The molecule has 98 valence electrons. The van der Waals surface area contributed by atoms with E-state index in [0.29, 0.717) is 6.42 Å². The molecule has 1 aromatic carbocycles. The fourth-order valence-electron chi connectivity index (χ4n) is 2.55. The van der Waals surface area contributed by atoms with Gasteiger partial charge in [-0.2, -0.15) is 0 Å². The first-order chi connectivity index (χ1) is 9.33. The third kappa shape index (κ3) is 2.72. The van der Waals surface area contributed by atoms with Gasteiger partial charge >= 0.3 is 0 Å². The zero-order chi connectivity index (χ0) is 13.1. The van der Waals surface area contributed by atoms with E-state index in [-0.39, 0.29) is 5.91 Å². The Hall–Kier alpha value is -1.97. The van der Waals surface area contributed by atoms with Crippen LogP contribution in [-0.4, -0.2) is 33.9 Å². The number of hydrogen-bond donors (Lipinski definition) is 0. The van der Waals surface area contributed by atoms with Gasteiger partial charge in [-0.25, -0.2) is 0 Å². The fraction of sp³-hybridized carbons (Fsp3) is 0.400. The van der Waals surface area contributed by atoms with Crippen molar-refractivity contribution < 1.29 is 4.79 Å². The second-order valence-electron chi connectivity index (χ2n) is 5.00. The van der Waals surface area contributed by atoms with E-state index in [0.717, 1.165) is 42.5 Å². The summed E-state index contributed by atoms with van der Waals surface area (Å²) in [7, 11) is 0. The van der Waals surface area contributed by atoms with Crippen molar-refractivity contribution in [1.29, 1.82) is 0 Å². The lowest BCUT2D eigenvalue weighted by atomic mass is 10.1. The fourth-order valence-corrected chi connectivity index (χ4v) is 2.55. The van der Waals surface area contributed by atoms with Crippen molar-refractivity contribution in [3.63, 3.8) is 0 Å². The lowest BCUT2D eigenvalue weighted by Crippen LogP contribution is -2.36. The Morgan fingerprint density at radius 2 is 1.79 bits per heavy atom. The number of aromatic nitrogens is 2. The van der Waals surface area contributed by atoms with Gasteiger partial charge in [0, 0.05) is 25.5 Å². The van der Waals surface area contributed by atoms with Crippen molar-refractivity contribution in [2.75, 3.05) is 13.1 Å². The maximum absolute atomic E-state index is 12.2. The Morgan fingerprint density at radius 3 is 2.58 bits per heavy atom. The second-order valence-corrected chi connectivity index (χ2v) is 5.00. The predicted molar refractivity (Wildman–Crippen MR) is 73.7 cm³/mol. The molecule has 0 radical (unpaired) electrons. The molecule has 1 aliphatic heterocycles. The van der Waals surface area contributed by atoms with Gasteiger partial charge in [0.15, 0.2) is 0 Å². The van der Waals surface area contributed by atoms with Gasteiger partial charge in [-0.05, 0) is 37.0 Å². The van der Waals surface area contributed by atoms with Crippen LogP contribution in [0.15, 0.2) is 30.6 Å². The summed E-state index contributed by atoms with van der Waals surface area (Å²) >= 11 is 0. The minimum absolute atomic E-state index is 0.225. The van der Waals surface area contributed by atoms with Crippen LogP contribution in [0.4, 0.5) is 0 Å². The molecule has 2 aromatic rings. The number of amides is 1. The third-order valence-electron chi connectivity index (χ3n) is 3.60. The Labute approximate surface area is 112 Å². The van der Waals surface area contributed by atoms with Crippen LogP contribution in [-0.2, 0) is 11.2 Å². The van der Waals surface area contributed by atoms with Crippen molar-refractivity contribution >= 4 is 16.9 Å². The molecular weight excluding hydrogens is 238 g/mol. The minimum Gasteiger partial charge on any atom is -0.342 e. The molecule has 0 atom stereocenters. The first-order valence-corrected chi connectivity index (χ1v) is 6.80. The highest BCUT2D eigenvalue weighted by Gasteiger charge is 2.16. The van der Waals surface area contributed by atoms with E-state index in [1.54, 1.807) is 12.4 Å². The summed E-state index contributed by atoms with van der Waals surface area (Å²) in [4.78, 5) is 22.7. The number of hydrogen-bond acceptors (Lipinski definition) is 3. The van der Waals surface area contributed by atoms with E-state index in [1.165, 1.54) is 6.42 Å². The molecule has 3 rings (SSSR count).